The van der Waals surface area contributed by atoms with Crippen LogP contribution in [0.5, 0.6) is 0 Å². The largest absolute Gasteiger partial charge is 0.356 e. The molecule has 1 aromatic heterocycles. The highest BCUT2D eigenvalue weighted by atomic mass is 15.2. The maximum atomic E-state index is 4.67. The van der Waals surface area contributed by atoms with Gasteiger partial charge in [-0.3, -0.25) is 0 Å². The molecule has 1 fully saturated rings. The van der Waals surface area contributed by atoms with E-state index in [1.807, 2.05) is 6.92 Å². The highest BCUT2D eigenvalue weighted by molar-refractivity contribution is 5.45. The average molecular weight is 262 g/mol. The van der Waals surface area contributed by atoms with Crippen LogP contribution >= 0.6 is 0 Å². The van der Waals surface area contributed by atoms with Crippen LogP contribution in [0.4, 0.5) is 11.8 Å². The summed E-state index contributed by atoms with van der Waals surface area (Å²) in [5.74, 6) is 3.32. The highest BCUT2D eigenvalue weighted by Crippen LogP contribution is 2.25. The molecule has 1 aromatic rings. The Morgan fingerprint density at radius 1 is 1.26 bits per heavy atom. The number of rotatable bonds is 4. The minimum absolute atomic E-state index is 0.742. The molecule has 4 heteroatoms. The quantitative estimate of drug-likeness (QED) is 0.905. The summed E-state index contributed by atoms with van der Waals surface area (Å²) in [6.07, 6.45) is 2.41. The van der Waals surface area contributed by atoms with E-state index < -0.39 is 0 Å². The molecule has 1 N–H and O–H groups in total. The molecule has 0 radical (unpaired) electrons. The number of hydrogen-bond acceptors (Lipinski definition) is 4. The van der Waals surface area contributed by atoms with Crippen LogP contribution in [0.15, 0.2) is 6.07 Å². The lowest BCUT2D eigenvalue weighted by Crippen LogP contribution is -2.39. The molecule has 4 nitrogen and oxygen atoms in total. The number of nitrogens with one attached hydrogen (secondary N) is 1. The van der Waals surface area contributed by atoms with E-state index in [0.717, 1.165) is 55.4 Å². The van der Waals surface area contributed by atoms with Gasteiger partial charge in [0.2, 0.25) is 5.95 Å². The monoisotopic (exact) mass is 262 g/mol. The molecule has 0 amide bonds. The molecule has 1 saturated heterocycles. The third-order valence-corrected chi connectivity index (χ3v) is 3.57. The molecular weight excluding hydrogens is 236 g/mol. The third-order valence-electron chi connectivity index (χ3n) is 3.57. The number of aryl methyl sites for hydroxylation is 1. The first-order valence-electron chi connectivity index (χ1n) is 7.43. The van der Waals surface area contributed by atoms with Crippen molar-refractivity contribution in [2.45, 2.75) is 40.5 Å². The highest BCUT2D eigenvalue weighted by Gasteiger charge is 2.23. The molecule has 2 heterocycles. The summed E-state index contributed by atoms with van der Waals surface area (Å²) < 4.78 is 0. The Morgan fingerprint density at radius 3 is 2.58 bits per heavy atom. The number of piperidine rings is 1. The lowest BCUT2D eigenvalue weighted by molar-refractivity contribution is 0.355. The fourth-order valence-corrected chi connectivity index (χ4v) is 2.88. The summed E-state index contributed by atoms with van der Waals surface area (Å²) in [5.41, 5.74) is 1.04. The minimum atomic E-state index is 0.742. The average Bonchev–Trinajstić information content (AvgIpc) is 2.34. The normalized spacial score (nSPS) is 23.5. The van der Waals surface area contributed by atoms with Gasteiger partial charge in [-0.25, -0.2) is 4.98 Å². The van der Waals surface area contributed by atoms with Crippen LogP contribution in [-0.4, -0.2) is 29.6 Å². The van der Waals surface area contributed by atoms with Gasteiger partial charge in [-0.05, 0) is 31.6 Å². The van der Waals surface area contributed by atoms with Crippen LogP contribution in [0.1, 0.15) is 39.3 Å². The summed E-state index contributed by atoms with van der Waals surface area (Å²) in [6.45, 7) is 12.0. The van der Waals surface area contributed by atoms with E-state index in [0.29, 0.717) is 0 Å². The summed E-state index contributed by atoms with van der Waals surface area (Å²) >= 11 is 0. The first kappa shape index (κ1) is 14.1. The molecule has 0 saturated carbocycles. The fraction of sp³-hybridized carbons (Fsp3) is 0.733. The van der Waals surface area contributed by atoms with Crippen molar-refractivity contribution in [2.75, 3.05) is 29.9 Å². The summed E-state index contributed by atoms with van der Waals surface area (Å²) in [5, 5.41) is 3.29. The van der Waals surface area contributed by atoms with Crippen molar-refractivity contribution >= 4 is 11.8 Å². The van der Waals surface area contributed by atoms with Crippen LogP contribution in [0.3, 0.4) is 0 Å². The van der Waals surface area contributed by atoms with Gasteiger partial charge in [0.05, 0.1) is 0 Å². The maximum Gasteiger partial charge on any atom is 0.224 e. The fourth-order valence-electron chi connectivity index (χ4n) is 2.88. The van der Waals surface area contributed by atoms with Gasteiger partial charge in [0, 0.05) is 31.4 Å². The van der Waals surface area contributed by atoms with Gasteiger partial charge in [-0.15, -0.1) is 0 Å². The Labute approximate surface area is 116 Å². The smallest absolute Gasteiger partial charge is 0.224 e. The molecule has 2 unspecified atom stereocenters. The first-order valence-corrected chi connectivity index (χ1v) is 7.43. The molecule has 106 valence electrons. The number of hydrogen-bond donors (Lipinski definition) is 1. The minimum Gasteiger partial charge on any atom is -0.356 e. The van der Waals surface area contributed by atoms with Crippen molar-refractivity contribution in [1.29, 1.82) is 0 Å². The third kappa shape index (κ3) is 3.82. The standard InChI is InChI=1S/C15H26N4/c1-5-6-16-15-17-13(4)8-14(18-15)19-9-11(2)7-12(3)10-19/h8,11-12H,5-7,9-10H2,1-4H3,(H,16,17,18). The van der Waals surface area contributed by atoms with Gasteiger partial charge in [-0.1, -0.05) is 20.8 Å². The summed E-state index contributed by atoms with van der Waals surface area (Å²) in [4.78, 5) is 11.5. The molecular formula is C15H26N4. The van der Waals surface area contributed by atoms with Crippen LogP contribution < -0.4 is 10.2 Å². The molecule has 19 heavy (non-hydrogen) atoms. The Balaban J connectivity index is 2.16. The Kier molecular flexibility index (Phi) is 4.61. The van der Waals surface area contributed by atoms with E-state index in [9.17, 15) is 0 Å². The van der Waals surface area contributed by atoms with Crippen molar-refractivity contribution in [3.05, 3.63) is 11.8 Å². The van der Waals surface area contributed by atoms with E-state index in [-0.39, 0.29) is 0 Å². The molecule has 2 rings (SSSR count). The van der Waals surface area contributed by atoms with Crippen molar-refractivity contribution in [3.63, 3.8) is 0 Å². The van der Waals surface area contributed by atoms with Crippen molar-refractivity contribution in [3.8, 4) is 0 Å². The van der Waals surface area contributed by atoms with Gasteiger partial charge in [0.15, 0.2) is 0 Å². The molecule has 1 aliphatic rings. The Morgan fingerprint density at radius 2 is 1.95 bits per heavy atom. The zero-order chi connectivity index (χ0) is 13.8. The molecule has 2 atom stereocenters. The van der Waals surface area contributed by atoms with Crippen molar-refractivity contribution < 1.29 is 0 Å². The first-order chi connectivity index (χ1) is 9.08. The van der Waals surface area contributed by atoms with E-state index in [4.69, 9.17) is 0 Å². The zero-order valence-corrected chi connectivity index (χ0v) is 12.6. The van der Waals surface area contributed by atoms with E-state index in [2.05, 4.69) is 47.0 Å². The topological polar surface area (TPSA) is 41.1 Å². The van der Waals surface area contributed by atoms with E-state index in [1.165, 1.54) is 6.42 Å². The molecule has 0 aliphatic carbocycles. The summed E-state index contributed by atoms with van der Waals surface area (Å²) in [6, 6.07) is 2.10. The second kappa shape index (κ2) is 6.22. The second-order valence-electron chi connectivity index (χ2n) is 5.97. The van der Waals surface area contributed by atoms with Gasteiger partial charge in [0.1, 0.15) is 5.82 Å². The number of anilines is 2. The van der Waals surface area contributed by atoms with Gasteiger partial charge in [0.25, 0.3) is 0 Å². The number of aromatic nitrogens is 2. The Bertz CT molecular complexity index is 409. The number of nitrogens with zero attached hydrogens (tertiary/aromatic N) is 3. The van der Waals surface area contributed by atoms with Crippen molar-refractivity contribution in [2.24, 2.45) is 11.8 Å². The molecule has 0 aromatic carbocycles. The van der Waals surface area contributed by atoms with Crippen molar-refractivity contribution in [1.82, 2.24) is 9.97 Å². The van der Waals surface area contributed by atoms with Crippen LogP contribution in [0.25, 0.3) is 0 Å². The molecule has 0 spiro atoms. The lowest BCUT2D eigenvalue weighted by atomic mass is 9.92. The van der Waals surface area contributed by atoms with Gasteiger partial charge >= 0.3 is 0 Å². The lowest BCUT2D eigenvalue weighted by Gasteiger charge is -2.36. The Hall–Kier alpha value is -1.32. The van der Waals surface area contributed by atoms with Gasteiger partial charge < -0.3 is 10.2 Å². The van der Waals surface area contributed by atoms with E-state index >= 15 is 0 Å². The summed E-state index contributed by atoms with van der Waals surface area (Å²) in [7, 11) is 0. The second-order valence-corrected chi connectivity index (χ2v) is 5.97. The molecule has 0 bridgehead atoms. The predicted molar refractivity (Wildman–Crippen MR) is 80.7 cm³/mol. The van der Waals surface area contributed by atoms with Crippen LogP contribution in [0, 0.1) is 18.8 Å². The van der Waals surface area contributed by atoms with E-state index in [1.54, 1.807) is 0 Å². The van der Waals surface area contributed by atoms with Crippen LogP contribution in [-0.2, 0) is 0 Å². The zero-order valence-electron chi connectivity index (χ0n) is 12.6. The van der Waals surface area contributed by atoms with Gasteiger partial charge in [-0.2, -0.15) is 4.98 Å². The van der Waals surface area contributed by atoms with Crippen LogP contribution in [0.2, 0.25) is 0 Å². The SMILES string of the molecule is CCCNc1nc(C)cc(N2CC(C)CC(C)C2)n1. The predicted octanol–water partition coefficient (Wildman–Crippen LogP) is 3.09. The molecule has 1 aliphatic heterocycles. The maximum absolute atomic E-state index is 4.67.